The molecule has 3 fully saturated rings. The van der Waals surface area contributed by atoms with E-state index in [1.54, 1.807) is 0 Å². The number of nitrogens with one attached hydrogen (secondary N) is 1. The number of pyridine rings is 1. The average molecular weight is 388 g/mol. The molecule has 1 aliphatic heterocycles. The van der Waals surface area contributed by atoms with E-state index in [0.29, 0.717) is 17.7 Å². The Hall–Kier alpha value is -1.46. The Balaban J connectivity index is 0.000000706. The number of carbonyl (C=O) groups is 1. The van der Waals surface area contributed by atoms with Gasteiger partial charge in [-0.1, -0.05) is 34.1 Å². The zero-order valence-electron chi connectivity index (χ0n) is 18.1. The lowest BCUT2D eigenvalue weighted by Gasteiger charge is -2.28. The minimum absolute atomic E-state index is 0.0963. The van der Waals surface area contributed by atoms with Crippen molar-refractivity contribution in [2.24, 2.45) is 11.3 Å². The van der Waals surface area contributed by atoms with Crippen molar-refractivity contribution in [3.05, 3.63) is 23.4 Å². The molecule has 1 amide bonds. The Kier molecular flexibility index (Phi) is 7.10. The molecule has 2 saturated carbocycles. The van der Waals surface area contributed by atoms with E-state index >= 15 is 0 Å². The van der Waals surface area contributed by atoms with Crippen LogP contribution in [0.5, 0.6) is 0 Å². The summed E-state index contributed by atoms with van der Waals surface area (Å²) >= 11 is 0. The third kappa shape index (κ3) is 5.54. The quantitative estimate of drug-likeness (QED) is 0.776. The van der Waals surface area contributed by atoms with Gasteiger partial charge < -0.3 is 10.1 Å². The lowest BCUT2D eigenvalue weighted by Crippen LogP contribution is -2.36. The largest absolute Gasteiger partial charge is 0.379 e. The maximum atomic E-state index is 12.7. The van der Waals surface area contributed by atoms with Crippen LogP contribution < -0.4 is 5.32 Å². The predicted octanol–water partition coefficient (Wildman–Crippen LogP) is 4.58. The van der Waals surface area contributed by atoms with Crippen molar-refractivity contribution in [3.63, 3.8) is 0 Å². The normalized spacial score (nSPS) is 20.3. The summed E-state index contributed by atoms with van der Waals surface area (Å²) in [7, 11) is 0. The molecule has 28 heavy (non-hydrogen) atoms. The molecule has 3 aliphatic rings. The van der Waals surface area contributed by atoms with Gasteiger partial charge in [0.1, 0.15) is 5.82 Å². The third-order valence-corrected chi connectivity index (χ3v) is 5.96. The Labute approximate surface area is 170 Å². The van der Waals surface area contributed by atoms with E-state index in [1.165, 1.54) is 30.4 Å². The van der Waals surface area contributed by atoms with E-state index < -0.39 is 0 Å². The molecule has 0 atom stereocenters. The van der Waals surface area contributed by atoms with E-state index in [0.717, 1.165) is 45.7 Å². The lowest BCUT2D eigenvalue weighted by molar-refractivity contribution is -0.124. The first-order valence-corrected chi connectivity index (χ1v) is 11.1. The summed E-state index contributed by atoms with van der Waals surface area (Å²) in [5, 5.41) is 3.07. The van der Waals surface area contributed by atoms with Crippen molar-refractivity contribution in [2.45, 2.75) is 72.3 Å². The second-order valence-electron chi connectivity index (χ2n) is 9.09. The molecule has 0 bridgehead atoms. The summed E-state index contributed by atoms with van der Waals surface area (Å²) in [6.07, 6.45) is 8.09. The molecular weight excluding hydrogens is 350 g/mol. The van der Waals surface area contributed by atoms with Gasteiger partial charge in [0, 0.05) is 31.2 Å². The van der Waals surface area contributed by atoms with Crippen LogP contribution in [0, 0.1) is 11.3 Å². The average Bonchev–Trinajstić information content (AvgIpc) is 3.56. The number of rotatable bonds is 6. The molecule has 5 nitrogen and oxygen atoms in total. The van der Waals surface area contributed by atoms with Gasteiger partial charge in [-0.15, -0.1) is 0 Å². The molecule has 0 unspecified atom stereocenters. The molecule has 0 radical (unpaired) electrons. The summed E-state index contributed by atoms with van der Waals surface area (Å²) in [5.41, 5.74) is 2.38. The molecule has 1 aromatic heterocycles. The van der Waals surface area contributed by atoms with Crippen LogP contribution in [-0.2, 0) is 16.1 Å². The first-order chi connectivity index (χ1) is 13.5. The van der Waals surface area contributed by atoms with Crippen molar-refractivity contribution in [2.75, 3.05) is 31.6 Å². The summed E-state index contributed by atoms with van der Waals surface area (Å²) in [6, 6.07) is 2.10. The molecule has 4 rings (SSSR count). The standard InChI is InChI=1S/C20H29N3O2.C3H8/c1-20(2,16-5-6-16)19(24)22-18-11-15(13-23-7-9-25-10-8-23)17(12-21-18)14-3-4-14;1-3-2/h11-12,14,16H,3-10,13H2,1-2H3,(H,21,22,24);3H2,1-2H3. The van der Waals surface area contributed by atoms with E-state index in [9.17, 15) is 4.79 Å². The zero-order chi connectivity index (χ0) is 20.1. The summed E-state index contributed by atoms with van der Waals surface area (Å²) in [6.45, 7) is 12.8. The molecule has 1 N–H and O–H groups in total. The van der Waals surface area contributed by atoms with Crippen LogP contribution in [0.4, 0.5) is 5.82 Å². The van der Waals surface area contributed by atoms with E-state index in [2.05, 4.69) is 35.1 Å². The number of morpholine rings is 1. The number of ether oxygens (including phenoxy) is 1. The Bertz CT molecular complexity index is 660. The molecule has 5 heteroatoms. The monoisotopic (exact) mass is 387 g/mol. The second-order valence-corrected chi connectivity index (χ2v) is 9.09. The van der Waals surface area contributed by atoms with E-state index in [-0.39, 0.29) is 11.3 Å². The first-order valence-electron chi connectivity index (χ1n) is 11.1. The molecule has 0 spiro atoms. The second kappa shape index (κ2) is 9.36. The van der Waals surface area contributed by atoms with Gasteiger partial charge in [-0.3, -0.25) is 9.69 Å². The minimum atomic E-state index is -0.304. The number of hydrogen-bond donors (Lipinski definition) is 1. The van der Waals surface area contributed by atoms with Crippen LogP contribution in [0.15, 0.2) is 12.3 Å². The van der Waals surface area contributed by atoms with E-state index in [1.807, 2.05) is 20.0 Å². The van der Waals surface area contributed by atoms with Crippen molar-refractivity contribution in [1.82, 2.24) is 9.88 Å². The van der Waals surface area contributed by atoms with Gasteiger partial charge in [0.25, 0.3) is 0 Å². The van der Waals surface area contributed by atoms with Gasteiger partial charge in [0.2, 0.25) is 5.91 Å². The fraction of sp³-hybridized carbons (Fsp3) is 0.739. The number of hydrogen-bond acceptors (Lipinski definition) is 4. The molecule has 1 aromatic rings. The molecule has 0 aromatic carbocycles. The minimum Gasteiger partial charge on any atom is -0.379 e. The maximum Gasteiger partial charge on any atom is 0.231 e. The topological polar surface area (TPSA) is 54.5 Å². The highest BCUT2D eigenvalue weighted by Crippen LogP contribution is 2.46. The molecule has 156 valence electrons. The van der Waals surface area contributed by atoms with E-state index in [4.69, 9.17) is 4.74 Å². The first kappa shape index (κ1) is 21.3. The highest BCUT2D eigenvalue weighted by atomic mass is 16.5. The molecule has 2 heterocycles. The van der Waals surface area contributed by atoms with Gasteiger partial charge in [-0.05, 0) is 54.7 Å². The molecular formula is C23H37N3O2. The van der Waals surface area contributed by atoms with Crippen LogP contribution in [0.2, 0.25) is 0 Å². The van der Waals surface area contributed by atoms with Gasteiger partial charge in [0.05, 0.1) is 13.2 Å². The Morgan fingerprint density at radius 2 is 1.86 bits per heavy atom. The van der Waals surface area contributed by atoms with Crippen LogP contribution in [0.3, 0.4) is 0 Å². The van der Waals surface area contributed by atoms with Gasteiger partial charge in [-0.2, -0.15) is 0 Å². The molecule has 2 aliphatic carbocycles. The third-order valence-electron chi connectivity index (χ3n) is 5.96. The summed E-state index contributed by atoms with van der Waals surface area (Å²) < 4.78 is 5.46. The fourth-order valence-electron chi connectivity index (χ4n) is 3.74. The van der Waals surface area contributed by atoms with Crippen molar-refractivity contribution < 1.29 is 9.53 Å². The highest BCUT2D eigenvalue weighted by molar-refractivity contribution is 5.94. The van der Waals surface area contributed by atoms with Crippen molar-refractivity contribution >= 4 is 11.7 Å². The van der Waals surface area contributed by atoms with Gasteiger partial charge in [-0.25, -0.2) is 4.98 Å². The smallest absolute Gasteiger partial charge is 0.231 e. The SMILES string of the molecule is CC(C)(C(=O)Nc1cc(CN2CCOCC2)c(C2CC2)cn1)C1CC1.CCC. The fourth-order valence-corrected chi connectivity index (χ4v) is 3.74. The predicted molar refractivity (Wildman–Crippen MR) is 113 cm³/mol. The highest BCUT2D eigenvalue weighted by Gasteiger charge is 2.43. The van der Waals surface area contributed by atoms with Crippen LogP contribution in [-0.4, -0.2) is 42.1 Å². The number of nitrogens with zero attached hydrogens (tertiary/aromatic N) is 2. The number of anilines is 1. The Morgan fingerprint density at radius 3 is 2.43 bits per heavy atom. The van der Waals surface area contributed by atoms with Crippen LogP contribution >= 0.6 is 0 Å². The zero-order valence-corrected chi connectivity index (χ0v) is 18.1. The van der Waals surface area contributed by atoms with Crippen molar-refractivity contribution in [3.8, 4) is 0 Å². The summed E-state index contributed by atoms with van der Waals surface area (Å²) in [5.74, 6) is 1.98. The molecule has 1 saturated heterocycles. The summed E-state index contributed by atoms with van der Waals surface area (Å²) in [4.78, 5) is 19.7. The maximum absolute atomic E-state index is 12.7. The Morgan fingerprint density at radius 1 is 1.21 bits per heavy atom. The van der Waals surface area contributed by atoms with Crippen LogP contribution in [0.1, 0.15) is 76.8 Å². The number of amides is 1. The lowest BCUT2D eigenvalue weighted by atomic mass is 9.86. The number of aromatic nitrogens is 1. The van der Waals surface area contributed by atoms with Gasteiger partial charge in [0.15, 0.2) is 0 Å². The van der Waals surface area contributed by atoms with Gasteiger partial charge >= 0.3 is 0 Å². The number of carbonyl (C=O) groups excluding carboxylic acids is 1. The van der Waals surface area contributed by atoms with Crippen LogP contribution in [0.25, 0.3) is 0 Å². The van der Waals surface area contributed by atoms with Crippen molar-refractivity contribution in [1.29, 1.82) is 0 Å².